The summed E-state index contributed by atoms with van der Waals surface area (Å²) in [7, 11) is 0. The van der Waals surface area contributed by atoms with E-state index in [0.717, 1.165) is 25.7 Å². The van der Waals surface area contributed by atoms with Crippen molar-refractivity contribution in [3.8, 4) is 0 Å². The monoisotopic (exact) mass is 420 g/mol. The van der Waals surface area contributed by atoms with Crippen molar-refractivity contribution in [1.82, 2.24) is 0 Å². The van der Waals surface area contributed by atoms with E-state index in [1.165, 1.54) is 77.0 Å². The number of halogens is 2. The van der Waals surface area contributed by atoms with Crippen LogP contribution in [0, 0.1) is 11.8 Å². The number of rotatable bonds is 20. The van der Waals surface area contributed by atoms with E-state index < -0.39 is 0 Å². The normalized spacial score (nSPS) is 12.5. The van der Waals surface area contributed by atoms with Crippen molar-refractivity contribution in [2.24, 2.45) is 11.8 Å². The predicted octanol–water partition coefficient (Wildman–Crippen LogP) is 8.42. The van der Waals surface area contributed by atoms with Gasteiger partial charge in [0.15, 0.2) is 0 Å². The minimum atomic E-state index is -0.197. The van der Waals surface area contributed by atoms with Gasteiger partial charge in [0.25, 0.3) is 0 Å². The molecule has 0 aromatic carbocycles. The Labute approximate surface area is 178 Å². The Balaban J connectivity index is 3.21. The van der Waals surface area contributed by atoms with Gasteiger partial charge in [0.1, 0.15) is 0 Å². The maximum Gasteiger partial charge on any atom is 0.224 e. The topological polar surface area (TPSA) is 34.1 Å². The van der Waals surface area contributed by atoms with Crippen LogP contribution in [0.4, 0.5) is 0 Å². The Bertz CT molecular complexity index is 369. The maximum absolute atomic E-state index is 11.3. The van der Waals surface area contributed by atoms with E-state index in [1.54, 1.807) is 0 Å². The standard InChI is InChI=1S/C23H42Cl2O2/c1-20(2)21(23(25)27)18-16-14-12-10-8-6-4-3-5-7-9-11-13-15-17-19-22(24)26/h20-21H,3-19H2,1-2H3. The second-order valence-corrected chi connectivity index (χ2v) is 9.15. The van der Waals surface area contributed by atoms with Crippen molar-refractivity contribution in [2.75, 3.05) is 0 Å². The molecule has 0 amide bonds. The third-order valence-corrected chi connectivity index (χ3v) is 5.95. The molecule has 1 unspecified atom stereocenters. The molecule has 0 fully saturated rings. The van der Waals surface area contributed by atoms with E-state index in [1.807, 2.05) is 0 Å². The zero-order valence-electron chi connectivity index (χ0n) is 17.7. The first-order chi connectivity index (χ1) is 12.9. The molecule has 0 spiro atoms. The SMILES string of the molecule is CC(C)C(CCCCCCCCCCCCCCCCCC(=O)Cl)C(=O)Cl. The van der Waals surface area contributed by atoms with Crippen molar-refractivity contribution in [3.63, 3.8) is 0 Å². The van der Waals surface area contributed by atoms with Gasteiger partial charge in [-0.1, -0.05) is 104 Å². The molecule has 1 atom stereocenters. The molecule has 4 heteroatoms. The van der Waals surface area contributed by atoms with Crippen LogP contribution in [0.2, 0.25) is 0 Å². The molecule has 0 aromatic rings. The molecule has 0 aliphatic carbocycles. The van der Waals surface area contributed by atoms with Gasteiger partial charge >= 0.3 is 0 Å². The maximum atomic E-state index is 11.3. The van der Waals surface area contributed by atoms with Crippen molar-refractivity contribution in [1.29, 1.82) is 0 Å². The minimum Gasteiger partial charge on any atom is -0.281 e. The van der Waals surface area contributed by atoms with Crippen LogP contribution in [0.3, 0.4) is 0 Å². The highest BCUT2D eigenvalue weighted by Crippen LogP contribution is 2.22. The number of hydrogen-bond acceptors (Lipinski definition) is 2. The van der Waals surface area contributed by atoms with Crippen LogP contribution in [-0.2, 0) is 9.59 Å². The summed E-state index contributed by atoms with van der Waals surface area (Å²) in [4.78, 5) is 22.0. The lowest BCUT2D eigenvalue weighted by molar-refractivity contribution is -0.116. The van der Waals surface area contributed by atoms with E-state index in [4.69, 9.17) is 23.2 Å². The Hall–Kier alpha value is -0.0800. The third kappa shape index (κ3) is 19.0. The predicted molar refractivity (Wildman–Crippen MR) is 119 cm³/mol. The van der Waals surface area contributed by atoms with E-state index in [2.05, 4.69) is 13.8 Å². The molecule has 0 aliphatic heterocycles. The van der Waals surface area contributed by atoms with E-state index in [0.29, 0.717) is 12.3 Å². The molecule has 0 radical (unpaired) electrons. The van der Waals surface area contributed by atoms with Crippen molar-refractivity contribution in [3.05, 3.63) is 0 Å². The van der Waals surface area contributed by atoms with Gasteiger partial charge in [-0.2, -0.15) is 0 Å². The average Bonchev–Trinajstić information content (AvgIpc) is 2.59. The van der Waals surface area contributed by atoms with Gasteiger partial charge < -0.3 is 0 Å². The lowest BCUT2D eigenvalue weighted by atomic mass is 9.91. The largest absolute Gasteiger partial charge is 0.281 e. The lowest BCUT2D eigenvalue weighted by Gasteiger charge is -2.15. The second kappa shape index (κ2) is 19.2. The van der Waals surface area contributed by atoms with Gasteiger partial charge in [-0.25, -0.2) is 0 Å². The molecule has 2 nitrogen and oxygen atoms in total. The molecule has 0 N–H and O–H groups in total. The van der Waals surface area contributed by atoms with E-state index in [9.17, 15) is 9.59 Å². The molecule has 160 valence electrons. The fourth-order valence-corrected chi connectivity index (χ4v) is 4.13. The first-order valence-electron chi connectivity index (χ1n) is 11.3. The quantitative estimate of drug-likeness (QED) is 0.146. The highest BCUT2D eigenvalue weighted by atomic mass is 35.5. The first-order valence-corrected chi connectivity index (χ1v) is 12.1. The van der Waals surface area contributed by atoms with Gasteiger partial charge in [0.05, 0.1) is 0 Å². The molecule has 0 aromatic heterocycles. The Morgan fingerprint density at radius 1 is 0.593 bits per heavy atom. The Morgan fingerprint density at radius 3 is 1.22 bits per heavy atom. The first kappa shape index (κ1) is 26.9. The summed E-state index contributed by atoms with van der Waals surface area (Å²) in [5, 5.41) is -0.356. The zero-order valence-corrected chi connectivity index (χ0v) is 19.3. The summed E-state index contributed by atoms with van der Waals surface area (Å²) in [6.45, 7) is 4.16. The molecular formula is C23H42Cl2O2. The molecule has 0 saturated heterocycles. The highest BCUT2D eigenvalue weighted by molar-refractivity contribution is 6.64. The smallest absolute Gasteiger partial charge is 0.224 e. The third-order valence-electron chi connectivity index (χ3n) is 5.48. The lowest BCUT2D eigenvalue weighted by Crippen LogP contribution is -2.15. The number of unbranched alkanes of at least 4 members (excludes halogenated alkanes) is 14. The van der Waals surface area contributed by atoms with Crippen LogP contribution in [0.1, 0.15) is 123 Å². The summed E-state index contributed by atoms with van der Waals surface area (Å²) in [6.07, 6.45) is 20.6. The van der Waals surface area contributed by atoms with Crippen LogP contribution in [0.25, 0.3) is 0 Å². The molecule has 0 aliphatic rings. The molecule has 0 saturated carbocycles. The van der Waals surface area contributed by atoms with Crippen molar-refractivity contribution < 1.29 is 9.59 Å². The second-order valence-electron chi connectivity index (χ2n) is 8.35. The summed E-state index contributed by atoms with van der Waals surface area (Å²) < 4.78 is 0. The molecule has 0 heterocycles. The van der Waals surface area contributed by atoms with Gasteiger partial charge in [-0.05, 0) is 42.0 Å². The van der Waals surface area contributed by atoms with Gasteiger partial charge in [-0.3, -0.25) is 9.59 Å². The van der Waals surface area contributed by atoms with Crippen LogP contribution < -0.4 is 0 Å². The fourth-order valence-electron chi connectivity index (χ4n) is 3.64. The van der Waals surface area contributed by atoms with Gasteiger partial charge in [-0.15, -0.1) is 0 Å². The van der Waals surface area contributed by atoms with Crippen LogP contribution >= 0.6 is 23.2 Å². The Morgan fingerprint density at radius 2 is 0.926 bits per heavy atom. The van der Waals surface area contributed by atoms with Gasteiger partial charge in [0.2, 0.25) is 10.5 Å². The molecule has 0 bridgehead atoms. The number of hydrogen-bond donors (Lipinski definition) is 0. The van der Waals surface area contributed by atoms with Gasteiger partial charge in [0, 0.05) is 12.3 Å². The highest BCUT2D eigenvalue weighted by Gasteiger charge is 2.19. The summed E-state index contributed by atoms with van der Waals surface area (Å²) >= 11 is 11.0. The van der Waals surface area contributed by atoms with E-state index in [-0.39, 0.29) is 16.4 Å². The van der Waals surface area contributed by atoms with E-state index >= 15 is 0 Å². The van der Waals surface area contributed by atoms with Crippen molar-refractivity contribution >= 4 is 33.7 Å². The van der Waals surface area contributed by atoms with Crippen LogP contribution in [0.5, 0.6) is 0 Å². The minimum absolute atomic E-state index is 0.0431. The average molecular weight is 421 g/mol. The van der Waals surface area contributed by atoms with Crippen LogP contribution in [0.15, 0.2) is 0 Å². The zero-order chi connectivity index (χ0) is 20.3. The fraction of sp³-hybridized carbons (Fsp3) is 0.913. The molecule has 27 heavy (non-hydrogen) atoms. The number of carbonyl (C=O) groups excluding carboxylic acids is 2. The number of carbonyl (C=O) groups is 2. The summed E-state index contributed by atoms with van der Waals surface area (Å²) in [6, 6.07) is 0. The van der Waals surface area contributed by atoms with Crippen molar-refractivity contribution in [2.45, 2.75) is 123 Å². The van der Waals surface area contributed by atoms with Crippen LogP contribution in [-0.4, -0.2) is 10.5 Å². The summed E-state index contributed by atoms with van der Waals surface area (Å²) in [5.74, 6) is 0.401. The molecule has 0 rings (SSSR count). The Kier molecular flexibility index (Phi) is 19.2. The molecular weight excluding hydrogens is 379 g/mol. The summed E-state index contributed by atoms with van der Waals surface area (Å²) in [5.41, 5.74) is 0.